The van der Waals surface area contributed by atoms with Crippen molar-refractivity contribution < 1.29 is 13.3 Å². The Morgan fingerprint density at radius 2 is 2.11 bits per heavy atom. The summed E-state index contributed by atoms with van der Waals surface area (Å²) in [4.78, 5) is 4.18. The Labute approximate surface area is 107 Å². The second-order valence-electron chi connectivity index (χ2n) is 4.09. The monoisotopic (exact) mass is 259 g/mol. The predicted octanol–water partition coefficient (Wildman–Crippen LogP) is 3.03. The SMILES string of the molecule is Cc1ccoc1-c1noc(-c2ccc(N)c(F)c2)n1. The van der Waals surface area contributed by atoms with Crippen LogP contribution in [0.25, 0.3) is 23.0 Å². The number of nitrogen functional groups attached to an aromatic ring is 1. The lowest BCUT2D eigenvalue weighted by molar-refractivity contribution is 0.429. The number of anilines is 1. The van der Waals surface area contributed by atoms with E-state index in [9.17, 15) is 4.39 Å². The smallest absolute Gasteiger partial charge is 0.258 e. The Kier molecular flexibility index (Phi) is 2.56. The predicted molar refractivity (Wildman–Crippen MR) is 66.5 cm³/mol. The van der Waals surface area contributed by atoms with Gasteiger partial charge in [-0.1, -0.05) is 5.16 Å². The lowest BCUT2D eigenvalue weighted by atomic mass is 10.2. The zero-order valence-corrected chi connectivity index (χ0v) is 10.1. The molecule has 2 heterocycles. The third kappa shape index (κ3) is 1.97. The van der Waals surface area contributed by atoms with Crippen LogP contribution in [0.15, 0.2) is 39.5 Å². The average Bonchev–Trinajstić information content (AvgIpc) is 3.01. The van der Waals surface area contributed by atoms with Crippen LogP contribution in [0.3, 0.4) is 0 Å². The number of hydrogen-bond donors (Lipinski definition) is 1. The van der Waals surface area contributed by atoms with Crippen molar-refractivity contribution in [3.05, 3.63) is 41.9 Å². The maximum atomic E-state index is 13.4. The fraction of sp³-hybridized carbons (Fsp3) is 0.0769. The molecule has 0 unspecified atom stereocenters. The van der Waals surface area contributed by atoms with Crippen molar-refractivity contribution in [1.82, 2.24) is 10.1 Å². The van der Waals surface area contributed by atoms with Crippen LogP contribution < -0.4 is 5.73 Å². The molecular weight excluding hydrogens is 249 g/mol. The van der Waals surface area contributed by atoms with Gasteiger partial charge in [0.05, 0.1) is 12.0 Å². The molecule has 1 aromatic carbocycles. The molecule has 0 aliphatic carbocycles. The lowest BCUT2D eigenvalue weighted by Gasteiger charge is -1.97. The fourth-order valence-corrected chi connectivity index (χ4v) is 1.69. The molecule has 5 nitrogen and oxygen atoms in total. The molecule has 19 heavy (non-hydrogen) atoms. The van der Waals surface area contributed by atoms with E-state index in [1.807, 2.05) is 6.92 Å². The Bertz CT molecular complexity index is 733. The number of rotatable bonds is 2. The number of hydrogen-bond acceptors (Lipinski definition) is 5. The van der Waals surface area contributed by atoms with Gasteiger partial charge in [0.2, 0.25) is 5.82 Å². The van der Waals surface area contributed by atoms with E-state index in [1.54, 1.807) is 18.4 Å². The van der Waals surface area contributed by atoms with Gasteiger partial charge in [-0.25, -0.2) is 4.39 Å². The highest BCUT2D eigenvalue weighted by Crippen LogP contribution is 2.26. The van der Waals surface area contributed by atoms with Gasteiger partial charge in [-0.2, -0.15) is 4.98 Å². The first-order chi connectivity index (χ1) is 9.15. The molecule has 0 aliphatic heterocycles. The molecule has 0 fully saturated rings. The number of benzene rings is 1. The summed E-state index contributed by atoms with van der Waals surface area (Å²) in [7, 11) is 0. The zero-order chi connectivity index (χ0) is 13.4. The summed E-state index contributed by atoms with van der Waals surface area (Å²) in [5.74, 6) is 0.553. The molecule has 2 aromatic heterocycles. The van der Waals surface area contributed by atoms with E-state index < -0.39 is 5.82 Å². The molecule has 0 saturated carbocycles. The van der Waals surface area contributed by atoms with Crippen LogP contribution in [0.5, 0.6) is 0 Å². The molecule has 0 saturated heterocycles. The number of halogens is 1. The fourth-order valence-electron chi connectivity index (χ4n) is 1.69. The van der Waals surface area contributed by atoms with Crippen LogP contribution in [0.4, 0.5) is 10.1 Å². The van der Waals surface area contributed by atoms with Crippen molar-refractivity contribution in [3.8, 4) is 23.0 Å². The lowest BCUT2D eigenvalue weighted by Crippen LogP contribution is -1.90. The van der Waals surface area contributed by atoms with Gasteiger partial charge in [-0.15, -0.1) is 0 Å². The Morgan fingerprint density at radius 1 is 1.26 bits per heavy atom. The Morgan fingerprint density at radius 3 is 2.79 bits per heavy atom. The quantitative estimate of drug-likeness (QED) is 0.715. The maximum absolute atomic E-state index is 13.4. The third-order valence-electron chi connectivity index (χ3n) is 2.74. The maximum Gasteiger partial charge on any atom is 0.258 e. The highest BCUT2D eigenvalue weighted by molar-refractivity contribution is 5.60. The van der Waals surface area contributed by atoms with E-state index in [0.717, 1.165) is 5.56 Å². The standard InChI is InChI=1S/C13H10FN3O2/c1-7-4-5-18-11(7)12-16-13(19-17-12)8-2-3-10(15)9(14)6-8/h2-6H,15H2,1H3. The molecule has 3 rings (SSSR count). The minimum Gasteiger partial charge on any atom is -0.461 e. The number of aryl methyl sites for hydroxylation is 1. The first-order valence-electron chi connectivity index (χ1n) is 5.59. The van der Waals surface area contributed by atoms with Crippen molar-refractivity contribution in [2.24, 2.45) is 0 Å². The summed E-state index contributed by atoms with van der Waals surface area (Å²) in [5.41, 5.74) is 6.85. The van der Waals surface area contributed by atoms with Crippen LogP contribution in [-0.4, -0.2) is 10.1 Å². The first kappa shape index (κ1) is 11.5. The van der Waals surface area contributed by atoms with E-state index in [1.165, 1.54) is 12.1 Å². The Balaban J connectivity index is 2.01. The Hall–Kier alpha value is -2.63. The summed E-state index contributed by atoms with van der Waals surface area (Å²) in [5, 5.41) is 3.81. The zero-order valence-electron chi connectivity index (χ0n) is 10.1. The molecule has 0 spiro atoms. The van der Waals surface area contributed by atoms with Crippen molar-refractivity contribution in [2.45, 2.75) is 6.92 Å². The van der Waals surface area contributed by atoms with E-state index in [-0.39, 0.29) is 11.6 Å². The normalized spacial score (nSPS) is 10.8. The second-order valence-corrected chi connectivity index (χ2v) is 4.09. The van der Waals surface area contributed by atoms with Gasteiger partial charge in [-0.05, 0) is 36.8 Å². The summed E-state index contributed by atoms with van der Waals surface area (Å²) in [6.45, 7) is 1.87. The molecule has 3 aromatic rings. The number of furan rings is 1. The summed E-state index contributed by atoms with van der Waals surface area (Å²) >= 11 is 0. The molecule has 0 aliphatic rings. The molecule has 0 atom stereocenters. The molecular formula is C13H10FN3O2. The van der Waals surface area contributed by atoms with Gasteiger partial charge in [-0.3, -0.25) is 0 Å². The van der Waals surface area contributed by atoms with Crippen LogP contribution >= 0.6 is 0 Å². The van der Waals surface area contributed by atoms with Crippen molar-refractivity contribution in [3.63, 3.8) is 0 Å². The highest BCUT2D eigenvalue weighted by atomic mass is 19.1. The first-order valence-corrected chi connectivity index (χ1v) is 5.59. The molecule has 0 radical (unpaired) electrons. The summed E-state index contributed by atoms with van der Waals surface area (Å²) in [6.07, 6.45) is 1.55. The van der Waals surface area contributed by atoms with E-state index in [4.69, 9.17) is 14.7 Å². The molecule has 0 bridgehead atoms. The molecule has 6 heteroatoms. The summed E-state index contributed by atoms with van der Waals surface area (Å²) in [6, 6.07) is 6.12. The van der Waals surface area contributed by atoms with Gasteiger partial charge in [0.1, 0.15) is 5.82 Å². The second kappa shape index (κ2) is 4.24. The van der Waals surface area contributed by atoms with E-state index in [0.29, 0.717) is 17.1 Å². The topological polar surface area (TPSA) is 78.1 Å². The third-order valence-corrected chi connectivity index (χ3v) is 2.74. The largest absolute Gasteiger partial charge is 0.461 e. The van der Waals surface area contributed by atoms with Crippen LogP contribution in [0, 0.1) is 12.7 Å². The van der Waals surface area contributed by atoms with Crippen LogP contribution in [-0.2, 0) is 0 Å². The van der Waals surface area contributed by atoms with Gasteiger partial charge < -0.3 is 14.7 Å². The van der Waals surface area contributed by atoms with Gasteiger partial charge in [0.25, 0.3) is 5.89 Å². The van der Waals surface area contributed by atoms with Gasteiger partial charge in [0.15, 0.2) is 5.76 Å². The minimum atomic E-state index is -0.522. The summed E-state index contributed by atoms with van der Waals surface area (Å²) < 4.78 is 23.7. The van der Waals surface area contributed by atoms with Crippen molar-refractivity contribution in [1.29, 1.82) is 0 Å². The van der Waals surface area contributed by atoms with Gasteiger partial charge in [0, 0.05) is 5.56 Å². The van der Waals surface area contributed by atoms with Crippen molar-refractivity contribution >= 4 is 5.69 Å². The average molecular weight is 259 g/mol. The van der Waals surface area contributed by atoms with Crippen LogP contribution in [0.2, 0.25) is 0 Å². The number of nitrogens with two attached hydrogens (primary N) is 1. The van der Waals surface area contributed by atoms with Crippen LogP contribution in [0.1, 0.15) is 5.56 Å². The minimum absolute atomic E-state index is 0.0744. The van der Waals surface area contributed by atoms with E-state index in [2.05, 4.69) is 10.1 Å². The highest BCUT2D eigenvalue weighted by Gasteiger charge is 2.15. The molecule has 96 valence electrons. The molecule has 2 N–H and O–H groups in total. The molecule has 0 amide bonds. The van der Waals surface area contributed by atoms with Gasteiger partial charge >= 0.3 is 0 Å². The number of nitrogens with zero attached hydrogens (tertiary/aromatic N) is 2. The van der Waals surface area contributed by atoms with E-state index >= 15 is 0 Å². The number of aromatic nitrogens is 2. The van der Waals surface area contributed by atoms with Crippen molar-refractivity contribution in [2.75, 3.05) is 5.73 Å².